The molecule has 1 saturated carbocycles. The molecule has 0 aliphatic heterocycles. The van der Waals surface area contributed by atoms with E-state index in [1.54, 1.807) is 21.3 Å². The van der Waals surface area contributed by atoms with Crippen LogP contribution in [0.25, 0.3) is 0 Å². The Kier molecular flexibility index (Phi) is 3.78. The molecule has 4 nitrogen and oxygen atoms in total. The average Bonchev–Trinajstić information content (AvgIpc) is 2.37. The van der Waals surface area contributed by atoms with E-state index in [9.17, 15) is 0 Å². The van der Waals surface area contributed by atoms with Crippen molar-refractivity contribution in [2.45, 2.75) is 30.9 Å². The lowest BCUT2D eigenvalue weighted by atomic mass is 9.72. The fraction of sp³-hybridized carbons (Fsp3) is 0.571. The maximum Gasteiger partial charge on any atom is 0.127 e. The van der Waals surface area contributed by atoms with Crippen molar-refractivity contribution in [3.05, 3.63) is 23.8 Å². The van der Waals surface area contributed by atoms with E-state index in [2.05, 4.69) is 0 Å². The highest BCUT2D eigenvalue weighted by Gasteiger charge is 2.44. The molecule has 2 N–H and O–H groups in total. The van der Waals surface area contributed by atoms with Gasteiger partial charge < -0.3 is 19.9 Å². The van der Waals surface area contributed by atoms with E-state index in [1.165, 1.54) is 6.42 Å². The summed E-state index contributed by atoms with van der Waals surface area (Å²) >= 11 is 0. The van der Waals surface area contributed by atoms with E-state index >= 15 is 0 Å². The number of hydrogen-bond donors (Lipinski definition) is 1. The molecule has 1 atom stereocenters. The van der Waals surface area contributed by atoms with Crippen LogP contribution in [0.4, 0.5) is 0 Å². The maximum atomic E-state index is 6.37. The van der Waals surface area contributed by atoms with Gasteiger partial charge in [0.1, 0.15) is 11.5 Å². The Balaban J connectivity index is 2.32. The molecule has 0 heterocycles. The van der Waals surface area contributed by atoms with E-state index < -0.39 is 0 Å². The lowest BCUT2D eigenvalue weighted by Gasteiger charge is -2.45. The second-order valence-corrected chi connectivity index (χ2v) is 4.71. The molecule has 0 spiro atoms. The van der Waals surface area contributed by atoms with Crippen LogP contribution in [-0.2, 0) is 4.74 Å². The van der Waals surface area contributed by atoms with Gasteiger partial charge >= 0.3 is 0 Å². The summed E-state index contributed by atoms with van der Waals surface area (Å²) in [5.41, 5.74) is 7.11. The Morgan fingerprint density at radius 3 is 2.33 bits per heavy atom. The maximum absolute atomic E-state index is 6.37. The lowest BCUT2D eigenvalue weighted by molar-refractivity contribution is -0.0915. The molecule has 18 heavy (non-hydrogen) atoms. The predicted octanol–water partition coefficient (Wildman–Crippen LogP) is 2.27. The van der Waals surface area contributed by atoms with Gasteiger partial charge in [-0.2, -0.15) is 0 Å². The zero-order valence-electron chi connectivity index (χ0n) is 11.2. The van der Waals surface area contributed by atoms with Crippen molar-refractivity contribution >= 4 is 0 Å². The van der Waals surface area contributed by atoms with Crippen LogP contribution in [0.5, 0.6) is 11.5 Å². The molecule has 1 fully saturated rings. The van der Waals surface area contributed by atoms with Crippen molar-refractivity contribution in [1.29, 1.82) is 0 Å². The summed E-state index contributed by atoms with van der Waals surface area (Å²) in [4.78, 5) is 0. The van der Waals surface area contributed by atoms with Crippen molar-refractivity contribution in [3.63, 3.8) is 0 Å². The van der Waals surface area contributed by atoms with Crippen molar-refractivity contribution in [2.24, 2.45) is 5.73 Å². The molecular formula is C14H21NO3. The summed E-state index contributed by atoms with van der Waals surface area (Å²) in [6, 6.07) is 5.55. The predicted molar refractivity (Wildman–Crippen MR) is 70.1 cm³/mol. The van der Waals surface area contributed by atoms with E-state index in [0.29, 0.717) is 0 Å². The van der Waals surface area contributed by atoms with Gasteiger partial charge in [-0.3, -0.25) is 0 Å². The van der Waals surface area contributed by atoms with Crippen LogP contribution in [0.1, 0.15) is 30.9 Å². The molecule has 0 bridgehead atoms. The first kappa shape index (κ1) is 13.2. The molecule has 100 valence electrons. The standard InChI is InChI=1S/C14H21NO3/c1-16-10-5-6-11(12(9-10)17-2)13(15)14(18-3)7-4-8-14/h5-6,9,13H,4,7-8,15H2,1-3H3. The van der Waals surface area contributed by atoms with Crippen LogP contribution in [-0.4, -0.2) is 26.9 Å². The Bertz CT molecular complexity index is 410. The molecule has 1 aromatic carbocycles. The Hall–Kier alpha value is -1.26. The highest BCUT2D eigenvalue weighted by molar-refractivity contribution is 5.43. The SMILES string of the molecule is COc1ccc(C(N)C2(OC)CCC2)c(OC)c1. The second-order valence-electron chi connectivity index (χ2n) is 4.71. The number of hydrogen-bond acceptors (Lipinski definition) is 4. The number of ether oxygens (including phenoxy) is 3. The van der Waals surface area contributed by atoms with Crippen molar-refractivity contribution < 1.29 is 14.2 Å². The van der Waals surface area contributed by atoms with E-state index in [1.807, 2.05) is 18.2 Å². The third-order valence-electron chi connectivity index (χ3n) is 3.95. The first-order chi connectivity index (χ1) is 8.66. The molecular weight excluding hydrogens is 230 g/mol. The van der Waals surface area contributed by atoms with E-state index in [0.717, 1.165) is 29.9 Å². The van der Waals surface area contributed by atoms with Crippen molar-refractivity contribution in [2.75, 3.05) is 21.3 Å². The van der Waals surface area contributed by atoms with Gasteiger partial charge in [0.05, 0.1) is 25.9 Å². The van der Waals surface area contributed by atoms with Crippen LogP contribution in [0.2, 0.25) is 0 Å². The van der Waals surface area contributed by atoms with Crippen molar-refractivity contribution in [3.8, 4) is 11.5 Å². The Labute approximate surface area is 108 Å². The van der Waals surface area contributed by atoms with Crippen LogP contribution < -0.4 is 15.2 Å². The second kappa shape index (κ2) is 5.16. The number of benzene rings is 1. The van der Waals surface area contributed by atoms with Crippen molar-refractivity contribution in [1.82, 2.24) is 0 Å². The molecule has 0 amide bonds. The van der Waals surface area contributed by atoms with Gasteiger partial charge in [-0.1, -0.05) is 0 Å². The van der Waals surface area contributed by atoms with Gasteiger partial charge in [0.25, 0.3) is 0 Å². The molecule has 4 heteroatoms. The molecule has 1 aliphatic carbocycles. The quantitative estimate of drug-likeness (QED) is 0.872. The minimum Gasteiger partial charge on any atom is -0.497 e. The first-order valence-electron chi connectivity index (χ1n) is 6.19. The molecule has 0 aromatic heterocycles. The normalized spacial score (nSPS) is 18.9. The fourth-order valence-corrected chi connectivity index (χ4v) is 2.53. The topological polar surface area (TPSA) is 53.7 Å². The van der Waals surface area contributed by atoms with Crippen LogP contribution in [0.15, 0.2) is 18.2 Å². The van der Waals surface area contributed by atoms with Gasteiger partial charge in [-0.15, -0.1) is 0 Å². The smallest absolute Gasteiger partial charge is 0.127 e. The Morgan fingerprint density at radius 2 is 1.89 bits per heavy atom. The van der Waals surface area contributed by atoms with Gasteiger partial charge in [0.2, 0.25) is 0 Å². The molecule has 2 rings (SSSR count). The van der Waals surface area contributed by atoms with Gasteiger partial charge in [-0.05, 0) is 31.4 Å². The molecule has 1 aromatic rings. The summed E-state index contributed by atoms with van der Waals surface area (Å²) in [6.07, 6.45) is 3.17. The van der Waals surface area contributed by atoms with Crippen LogP contribution in [0, 0.1) is 0 Å². The minimum absolute atomic E-state index is 0.169. The highest BCUT2D eigenvalue weighted by atomic mass is 16.5. The third kappa shape index (κ3) is 2.06. The molecule has 1 aliphatic rings. The first-order valence-corrected chi connectivity index (χ1v) is 6.19. The average molecular weight is 251 g/mol. The van der Waals surface area contributed by atoms with Crippen LogP contribution in [0.3, 0.4) is 0 Å². The summed E-state index contributed by atoms with van der Waals surface area (Å²) < 4.78 is 16.2. The highest BCUT2D eigenvalue weighted by Crippen LogP contribution is 2.45. The zero-order chi connectivity index (χ0) is 13.2. The number of rotatable bonds is 5. The largest absolute Gasteiger partial charge is 0.497 e. The lowest BCUT2D eigenvalue weighted by Crippen LogP contribution is -2.48. The summed E-state index contributed by atoms with van der Waals surface area (Å²) in [5.74, 6) is 1.52. The van der Waals surface area contributed by atoms with Gasteiger partial charge in [0, 0.05) is 18.7 Å². The number of methoxy groups -OCH3 is 3. The molecule has 0 radical (unpaired) electrons. The Morgan fingerprint density at radius 1 is 1.17 bits per heavy atom. The van der Waals surface area contributed by atoms with Crippen LogP contribution >= 0.6 is 0 Å². The zero-order valence-corrected chi connectivity index (χ0v) is 11.2. The minimum atomic E-state index is -0.234. The molecule has 0 saturated heterocycles. The third-order valence-corrected chi connectivity index (χ3v) is 3.95. The monoisotopic (exact) mass is 251 g/mol. The van der Waals surface area contributed by atoms with E-state index in [4.69, 9.17) is 19.9 Å². The summed E-state index contributed by atoms with van der Waals surface area (Å²) in [7, 11) is 5.01. The summed E-state index contributed by atoms with van der Waals surface area (Å²) in [5, 5.41) is 0. The number of nitrogens with two attached hydrogens (primary N) is 1. The van der Waals surface area contributed by atoms with Gasteiger partial charge in [0.15, 0.2) is 0 Å². The van der Waals surface area contributed by atoms with Gasteiger partial charge in [-0.25, -0.2) is 0 Å². The summed E-state index contributed by atoms with van der Waals surface area (Å²) in [6.45, 7) is 0. The molecule has 1 unspecified atom stereocenters. The van der Waals surface area contributed by atoms with E-state index in [-0.39, 0.29) is 11.6 Å². The fourth-order valence-electron chi connectivity index (χ4n) is 2.53.